The normalized spacial score (nSPS) is 21.0. The van der Waals surface area contributed by atoms with Crippen LogP contribution in [0.2, 0.25) is 0 Å². The second-order valence-electron chi connectivity index (χ2n) is 6.02. The van der Waals surface area contributed by atoms with E-state index in [2.05, 4.69) is 0 Å². The van der Waals surface area contributed by atoms with Crippen molar-refractivity contribution in [1.29, 1.82) is 0 Å². The summed E-state index contributed by atoms with van der Waals surface area (Å²) in [6.07, 6.45) is -3.63. The third kappa shape index (κ3) is 4.00. The van der Waals surface area contributed by atoms with Gasteiger partial charge in [-0.3, -0.25) is 4.79 Å². The van der Waals surface area contributed by atoms with Crippen molar-refractivity contribution in [3.63, 3.8) is 0 Å². The van der Waals surface area contributed by atoms with Crippen molar-refractivity contribution in [1.82, 2.24) is 4.90 Å². The number of alkyl halides is 3. The topological polar surface area (TPSA) is 20.3 Å². The molecule has 0 spiro atoms. The third-order valence-electron chi connectivity index (χ3n) is 4.25. The maximum atomic E-state index is 12.7. The van der Waals surface area contributed by atoms with Crippen LogP contribution < -0.4 is 0 Å². The molecule has 1 aliphatic heterocycles. The summed E-state index contributed by atoms with van der Waals surface area (Å²) in [5.74, 6) is 0.0332. The van der Waals surface area contributed by atoms with Crippen LogP contribution in [-0.2, 0) is 17.4 Å². The van der Waals surface area contributed by atoms with Gasteiger partial charge in [-0.05, 0) is 36.6 Å². The van der Waals surface area contributed by atoms with Crippen LogP contribution in [0.4, 0.5) is 13.2 Å². The molecule has 0 saturated carbocycles. The molecule has 0 radical (unpaired) electrons. The lowest BCUT2D eigenvalue weighted by molar-refractivity contribution is -0.137. The summed E-state index contributed by atoms with van der Waals surface area (Å²) in [5, 5.41) is -0.434. The Kier molecular flexibility index (Phi) is 5.08. The Bertz CT molecular complexity index is 731. The van der Waals surface area contributed by atoms with Crippen LogP contribution in [0, 0.1) is 0 Å². The first kappa shape index (κ1) is 17.9. The fourth-order valence-electron chi connectivity index (χ4n) is 2.89. The van der Waals surface area contributed by atoms with Gasteiger partial charge in [-0.25, -0.2) is 0 Å². The summed E-state index contributed by atoms with van der Waals surface area (Å²) in [5.41, 5.74) is 1.18. The van der Waals surface area contributed by atoms with Crippen molar-refractivity contribution in [2.75, 3.05) is 6.54 Å². The molecule has 1 heterocycles. The van der Waals surface area contributed by atoms with Gasteiger partial charge in [0.05, 0.1) is 10.8 Å². The van der Waals surface area contributed by atoms with Gasteiger partial charge < -0.3 is 4.90 Å². The monoisotopic (exact) mass is 365 g/mol. The molecule has 6 heteroatoms. The summed E-state index contributed by atoms with van der Waals surface area (Å²) >= 11 is 1.48. The fourth-order valence-corrected chi connectivity index (χ4v) is 4.20. The minimum Gasteiger partial charge on any atom is -0.325 e. The molecule has 1 saturated heterocycles. The molecular formula is C19H18F3NOS. The van der Waals surface area contributed by atoms with Crippen LogP contribution >= 0.6 is 11.8 Å². The van der Waals surface area contributed by atoms with E-state index in [9.17, 15) is 18.0 Å². The molecule has 25 heavy (non-hydrogen) atoms. The van der Waals surface area contributed by atoms with Crippen LogP contribution in [0.1, 0.15) is 29.0 Å². The van der Waals surface area contributed by atoms with Crippen molar-refractivity contribution >= 4 is 17.7 Å². The highest BCUT2D eigenvalue weighted by atomic mass is 32.2. The number of amides is 1. The van der Waals surface area contributed by atoms with Crippen LogP contribution in [0.15, 0.2) is 54.6 Å². The Morgan fingerprint density at radius 2 is 1.68 bits per heavy atom. The van der Waals surface area contributed by atoms with E-state index in [1.165, 1.54) is 23.9 Å². The zero-order chi connectivity index (χ0) is 18.0. The second kappa shape index (κ2) is 7.12. The molecule has 0 bridgehead atoms. The fraction of sp³-hybridized carbons (Fsp3) is 0.316. The minimum atomic E-state index is -4.35. The smallest absolute Gasteiger partial charge is 0.325 e. The molecule has 1 amide bonds. The number of carbonyl (C=O) groups excluding carboxylic acids is 1. The molecule has 2 nitrogen and oxygen atoms in total. The van der Waals surface area contributed by atoms with Gasteiger partial charge in [0.25, 0.3) is 0 Å². The molecule has 0 N–H and O–H groups in total. The first-order chi connectivity index (χ1) is 11.9. The van der Waals surface area contributed by atoms with Gasteiger partial charge in [0.1, 0.15) is 5.37 Å². The van der Waals surface area contributed by atoms with E-state index in [1.807, 2.05) is 37.3 Å². The van der Waals surface area contributed by atoms with E-state index in [4.69, 9.17) is 0 Å². The number of thioether (sulfide) groups is 1. The number of benzene rings is 2. The van der Waals surface area contributed by atoms with Gasteiger partial charge in [-0.2, -0.15) is 13.2 Å². The zero-order valence-electron chi connectivity index (χ0n) is 13.7. The quantitative estimate of drug-likeness (QED) is 0.767. The van der Waals surface area contributed by atoms with Gasteiger partial charge in [0.2, 0.25) is 5.91 Å². The Morgan fingerprint density at radius 3 is 2.28 bits per heavy atom. The molecule has 2 unspecified atom stereocenters. The van der Waals surface area contributed by atoms with Gasteiger partial charge in [-0.15, -0.1) is 11.8 Å². The molecule has 0 aromatic heterocycles. The molecule has 0 aliphatic carbocycles. The van der Waals surface area contributed by atoms with Gasteiger partial charge in [0.15, 0.2) is 0 Å². The lowest BCUT2D eigenvalue weighted by Gasteiger charge is -2.24. The van der Waals surface area contributed by atoms with E-state index in [-0.39, 0.29) is 16.5 Å². The largest absolute Gasteiger partial charge is 0.416 e. The molecule has 3 rings (SSSR count). The second-order valence-corrected chi connectivity index (χ2v) is 7.44. The molecule has 2 atom stereocenters. The molecule has 2 aromatic rings. The summed E-state index contributed by atoms with van der Waals surface area (Å²) in [6.45, 7) is 2.39. The van der Waals surface area contributed by atoms with Crippen LogP contribution in [0.3, 0.4) is 0 Å². The summed E-state index contributed by atoms with van der Waals surface area (Å²) in [6, 6.07) is 15.0. The molecular weight excluding hydrogens is 347 g/mol. The Balaban J connectivity index is 1.77. The zero-order valence-corrected chi connectivity index (χ0v) is 14.5. The van der Waals surface area contributed by atoms with Gasteiger partial charge in [0, 0.05) is 6.54 Å². The van der Waals surface area contributed by atoms with Crippen molar-refractivity contribution in [3.8, 4) is 0 Å². The SMILES string of the molecule is CC1SC(c2ccc(C(F)(F)F)cc2)N(CCc2ccccc2)C1=O. The molecule has 1 fully saturated rings. The predicted octanol–water partition coefficient (Wildman–Crippen LogP) is 4.91. The lowest BCUT2D eigenvalue weighted by Crippen LogP contribution is -2.32. The number of rotatable bonds is 4. The number of halogens is 3. The van der Waals surface area contributed by atoms with Crippen LogP contribution in [0.5, 0.6) is 0 Å². The Morgan fingerprint density at radius 1 is 1.04 bits per heavy atom. The van der Waals surface area contributed by atoms with E-state index in [0.717, 1.165) is 29.7 Å². The molecule has 132 valence electrons. The van der Waals surface area contributed by atoms with Gasteiger partial charge >= 0.3 is 6.18 Å². The highest BCUT2D eigenvalue weighted by molar-refractivity contribution is 8.01. The minimum absolute atomic E-state index is 0.0332. The van der Waals surface area contributed by atoms with Crippen molar-refractivity contribution in [3.05, 3.63) is 71.3 Å². The van der Waals surface area contributed by atoms with Crippen molar-refractivity contribution in [2.24, 2.45) is 0 Å². The highest BCUT2D eigenvalue weighted by Gasteiger charge is 2.38. The van der Waals surface area contributed by atoms with E-state index >= 15 is 0 Å². The maximum Gasteiger partial charge on any atom is 0.416 e. The Hall–Kier alpha value is -1.95. The predicted molar refractivity (Wildman–Crippen MR) is 93.1 cm³/mol. The molecule has 1 aliphatic rings. The first-order valence-electron chi connectivity index (χ1n) is 8.03. The summed E-state index contributed by atoms with van der Waals surface area (Å²) in [4.78, 5) is 14.2. The van der Waals surface area contributed by atoms with Gasteiger partial charge in [-0.1, -0.05) is 42.5 Å². The average Bonchev–Trinajstić information content (AvgIpc) is 2.88. The number of hydrogen-bond donors (Lipinski definition) is 0. The summed E-state index contributed by atoms with van der Waals surface area (Å²) < 4.78 is 38.2. The first-order valence-corrected chi connectivity index (χ1v) is 8.97. The molecule has 2 aromatic carbocycles. The van der Waals surface area contributed by atoms with E-state index in [1.54, 1.807) is 4.90 Å². The van der Waals surface area contributed by atoms with Crippen molar-refractivity contribution in [2.45, 2.75) is 30.1 Å². The highest BCUT2D eigenvalue weighted by Crippen LogP contribution is 2.43. The number of carbonyl (C=O) groups is 1. The van der Waals surface area contributed by atoms with Crippen molar-refractivity contribution < 1.29 is 18.0 Å². The standard InChI is InChI=1S/C19H18F3NOS/c1-13-17(24)23(12-11-14-5-3-2-4-6-14)18(25-13)15-7-9-16(10-8-15)19(20,21)22/h2-10,13,18H,11-12H2,1H3. The lowest BCUT2D eigenvalue weighted by atomic mass is 10.1. The Labute approximate surface area is 149 Å². The van der Waals surface area contributed by atoms with E-state index < -0.39 is 11.7 Å². The van der Waals surface area contributed by atoms with Crippen LogP contribution in [-0.4, -0.2) is 22.6 Å². The number of hydrogen-bond acceptors (Lipinski definition) is 2. The maximum absolute atomic E-state index is 12.7. The van der Waals surface area contributed by atoms with Crippen LogP contribution in [0.25, 0.3) is 0 Å². The summed E-state index contributed by atoms with van der Waals surface area (Å²) in [7, 11) is 0. The third-order valence-corrected chi connectivity index (χ3v) is 5.65. The average molecular weight is 365 g/mol. The van der Waals surface area contributed by atoms with E-state index in [0.29, 0.717) is 6.54 Å². The number of nitrogens with zero attached hydrogens (tertiary/aromatic N) is 1.